The maximum Gasteiger partial charge on any atom is 0.299 e. The first kappa shape index (κ1) is 16.7. The monoisotopic (exact) mass is 407 g/mol. The predicted octanol–water partition coefficient (Wildman–Crippen LogP) is 4.60. The third-order valence-corrected chi connectivity index (χ3v) is 5.24. The summed E-state index contributed by atoms with van der Waals surface area (Å²) in [6.45, 7) is 2.40. The summed E-state index contributed by atoms with van der Waals surface area (Å²) in [5.41, 5.74) is 0.886. The number of hydrogen-bond donors (Lipinski definition) is 1. The fourth-order valence-corrected chi connectivity index (χ4v) is 3.59. The number of halogens is 1. The summed E-state index contributed by atoms with van der Waals surface area (Å²) in [5, 5.41) is 14.8. The molecule has 0 aliphatic carbocycles. The van der Waals surface area contributed by atoms with Crippen LogP contribution in [-0.4, -0.2) is 18.1 Å². The van der Waals surface area contributed by atoms with Crippen molar-refractivity contribution in [2.45, 2.75) is 18.4 Å². The second-order valence-electron chi connectivity index (χ2n) is 5.05. The molecule has 6 nitrogen and oxygen atoms in total. The average molecular weight is 408 g/mol. The minimum absolute atomic E-state index is 0.0497. The van der Waals surface area contributed by atoms with E-state index in [0.29, 0.717) is 11.9 Å². The van der Waals surface area contributed by atoms with Crippen molar-refractivity contribution in [3.8, 4) is 5.88 Å². The molecule has 1 heterocycles. The number of aromatic nitrogens is 1. The topological polar surface area (TPSA) is 84.0 Å². The molecule has 0 amide bonds. The molecule has 3 rings (SSSR count). The zero-order chi connectivity index (χ0) is 17.3. The molecular weight excluding hydrogens is 394 g/mol. The van der Waals surface area contributed by atoms with Crippen LogP contribution in [0.3, 0.4) is 0 Å². The molecule has 0 fully saturated rings. The molecule has 0 aliphatic rings. The molecule has 0 aliphatic heterocycles. The lowest BCUT2D eigenvalue weighted by Gasteiger charge is -2.01. The summed E-state index contributed by atoms with van der Waals surface area (Å²) in [7, 11) is -3.93. The molecule has 124 valence electrons. The van der Waals surface area contributed by atoms with Crippen molar-refractivity contribution >= 4 is 42.5 Å². The van der Waals surface area contributed by atoms with Gasteiger partial charge in [-0.2, -0.15) is 8.42 Å². The molecule has 1 aromatic heterocycles. The van der Waals surface area contributed by atoms with Gasteiger partial charge in [-0.25, -0.2) is 0 Å². The first-order valence-electron chi connectivity index (χ1n) is 7.18. The molecule has 0 bridgehead atoms. The summed E-state index contributed by atoms with van der Waals surface area (Å²) in [6, 6.07) is 13.3. The SMILES string of the molecule is CCn1c(O)c(N=NS(=O)(=O)c2ccccc2)c2cc(Br)ccc21. The van der Waals surface area contributed by atoms with Crippen molar-refractivity contribution in [2.75, 3.05) is 0 Å². The maximum absolute atomic E-state index is 12.2. The van der Waals surface area contributed by atoms with E-state index < -0.39 is 10.0 Å². The van der Waals surface area contributed by atoms with Gasteiger partial charge in [-0.05, 0) is 37.3 Å². The van der Waals surface area contributed by atoms with E-state index in [9.17, 15) is 13.5 Å². The van der Waals surface area contributed by atoms with Gasteiger partial charge in [0.15, 0.2) is 5.69 Å². The van der Waals surface area contributed by atoms with Crippen molar-refractivity contribution in [3.63, 3.8) is 0 Å². The molecule has 0 saturated heterocycles. The van der Waals surface area contributed by atoms with Crippen LogP contribution in [0.1, 0.15) is 6.92 Å². The largest absolute Gasteiger partial charge is 0.493 e. The van der Waals surface area contributed by atoms with Gasteiger partial charge >= 0.3 is 0 Å². The highest BCUT2D eigenvalue weighted by Crippen LogP contribution is 2.40. The van der Waals surface area contributed by atoms with E-state index in [4.69, 9.17) is 0 Å². The van der Waals surface area contributed by atoms with Gasteiger partial charge in [0.25, 0.3) is 10.0 Å². The van der Waals surface area contributed by atoms with Gasteiger partial charge in [0.05, 0.1) is 10.4 Å². The summed E-state index contributed by atoms with van der Waals surface area (Å²) in [5.74, 6) is -0.113. The Kier molecular flexibility index (Phi) is 4.42. The number of aryl methyl sites for hydroxylation is 1. The third kappa shape index (κ3) is 2.94. The van der Waals surface area contributed by atoms with E-state index in [2.05, 4.69) is 25.6 Å². The number of benzene rings is 2. The zero-order valence-corrected chi connectivity index (χ0v) is 15.1. The van der Waals surface area contributed by atoms with Crippen LogP contribution in [0.2, 0.25) is 0 Å². The van der Waals surface area contributed by atoms with Gasteiger partial charge in [-0.3, -0.25) is 0 Å². The highest BCUT2D eigenvalue weighted by molar-refractivity contribution is 9.10. The van der Waals surface area contributed by atoms with Crippen LogP contribution in [-0.2, 0) is 16.6 Å². The van der Waals surface area contributed by atoms with Gasteiger partial charge in [0, 0.05) is 16.4 Å². The second-order valence-corrected chi connectivity index (χ2v) is 7.55. The minimum atomic E-state index is -3.93. The zero-order valence-electron chi connectivity index (χ0n) is 12.7. The number of rotatable bonds is 4. The fourth-order valence-electron chi connectivity index (χ4n) is 2.45. The van der Waals surface area contributed by atoms with Gasteiger partial charge in [0.1, 0.15) is 0 Å². The first-order valence-corrected chi connectivity index (χ1v) is 9.41. The lowest BCUT2D eigenvalue weighted by atomic mass is 10.2. The molecule has 0 unspecified atom stereocenters. The standard InChI is InChI=1S/C16H14BrN3O3S/c1-2-20-14-9-8-11(17)10-13(14)15(16(20)21)18-19-24(22,23)12-6-4-3-5-7-12/h3-10,21H,2H2,1H3. The number of fused-ring (bicyclic) bond motifs is 1. The average Bonchev–Trinajstić information content (AvgIpc) is 2.84. The molecule has 24 heavy (non-hydrogen) atoms. The maximum atomic E-state index is 12.2. The smallest absolute Gasteiger partial charge is 0.299 e. The molecule has 3 aromatic rings. The van der Waals surface area contributed by atoms with Crippen molar-refractivity contribution in [3.05, 3.63) is 53.0 Å². The van der Waals surface area contributed by atoms with E-state index in [1.54, 1.807) is 28.8 Å². The summed E-state index contributed by atoms with van der Waals surface area (Å²) in [4.78, 5) is 0.0497. The lowest BCUT2D eigenvalue weighted by Crippen LogP contribution is -1.94. The van der Waals surface area contributed by atoms with Crippen LogP contribution in [0, 0.1) is 0 Å². The quantitative estimate of drug-likeness (QED) is 0.641. The van der Waals surface area contributed by atoms with Crippen LogP contribution >= 0.6 is 15.9 Å². The van der Waals surface area contributed by atoms with Gasteiger partial charge < -0.3 is 9.67 Å². The fraction of sp³-hybridized carbons (Fsp3) is 0.125. The van der Waals surface area contributed by atoms with Crippen LogP contribution in [0.5, 0.6) is 5.88 Å². The predicted molar refractivity (Wildman–Crippen MR) is 95.1 cm³/mol. The molecule has 0 spiro atoms. The first-order chi connectivity index (χ1) is 11.4. The molecule has 8 heteroatoms. The summed E-state index contributed by atoms with van der Waals surface area (Å²) < 4.78 is 30.4. The Hall–Kier alpha value is -2.19. The second kappa shape index (κ2) is 6.37. The number of hydrogen-bond acceptors (Lipinski definition) is 4. The number of nitrogens with zero attached hydrogens (tertiary/aromatic N) is 3. The minimum Gasteiger partial charge on any atom is -0.493 e. The van der Waals surface area contributed by atoms with E-state index in [-0.39, 0.29) is 16.5 Å². The van der Waals surface area contributed by atoms with Crippen molar-refractivity contribution in [1.29, 1.82) is 0 Å². The molecule has 0 atom stereocenters. The van der Waals surface area contributed by atoms with Crippen LogP contribution < -0.4 is 0 Å². The van der Waals surface area contributed by atoms with E-state index in [0.717, 1.165) is 9.99 Å². The number of aromatic hydroxyl groups is 1. The number of sulfonamides is 1. The Bertz CT molecular complexity index is 1030. The molecule has 0 saturated carbocycles. The van der Waals surface area contributed by atoms with Gasteiger partial charge in [0.2, 0.25) is 5.88 Å². The third-order valence-electron chi connectivity index (χ3n) is 3.58. The summed E-state index contributed by atoms with van der Waals surface area (Å²) in [6.07, 6.45) is 0. The van der Waals surface area contributed by atoms with E-state index >= 15 is 0 Å². The highest BCUT2D eigenvalue weighted by atomic mass is 79.9. The summed E-state index contributed by atoms with van der Waals surface area (Å²) >= 11 is 3.37. The Labute approximate surface area is 147 Å². The van der Waals surface area contributed by atoms with Crippen molar-refractivity contribution < 1.29 is 13.5 Å². The normalized spacial score (nSPS) is 12.2. The van der Waals surface area contributed by atoms with Crippen molar-refractivity contribution in [2.24, 2.45) is 9.63 Å². The Morgan fingerprint density at radius 3 is 2.54 bits per heavy atom. The van der Waals surface area contributed by atoms with Crippen LogP contribution in [0.25, 0.3) is 10.9 Å². The van der Waals surface area contributed by atoms with Crippen LogP contribution in [0.4, 0.5) is 5.69 Å². The van der Waals surface area contributed by atoms with E-state index in [1.165, 1.54) is 12.1 Å². The highest BCUT2D eigenvalue weighted by Gasteiger charge is 2.18. The van der Waals surface area contributed by atoms with Gasteiger partial charge in [-0.1, -0.05) is 38.6 Å². The van der Waals surface area contributed by atoms with Crippen molar-refractivity contribution in [1.82, 2.24) is 4.57 Å². The Balaban J connectivity index is 2.14. The Morgan fingerprint density at radius 1 is 1.17 bits per heavy atom. The van der Waals surface area contributed by atoms with E-state index in [1.807, 2.05) is 19.1 Å². The lowest BCUT2D eigenvalue weighted by molar-refractivity contribution is 0.427. The molecule has 2 aromatic carbocycles. The molecule has 0 radical (unpaired) electrons. The van der Waals surface area contributed by atoms with Gasteiger partial charge in [-0.15, -0.1) is 5.11 Å². The Morgan fingerprint density at radius 2 is 1.88 bits per heavy atom. The molecular formula is C16H14BrN3O3S. The molecule has 1 N–H and O–H groups in total. The van der Waals surface area contributed by atoms with Crippen LogP contribution in [0.15, 0.2) is 67.5 Å².